The lowest BCUT2D eigenvalue weighted by Crippen LogP contribution is -2.38. The van der Waals surface area contributed by atoms with Gasteiger partial charge < -0.3 is 20.1 Å². The zero-order valence-electron chi connectivity index (χ0n) is 16.7. The molecule has 3 amide bonds. The van der Waals surface area contributed by atoms with E-state index >= 15 is 0 Å². The number of carbonyl (C=O) groups is 2. The van der Waals surface area contributed by atoms with Crippen LogP contribution in [0.2, 0.25) is 0 Å². The van der Waals surface area contributed by atoms with Crippen LogP contribution in [0, 0.1) is 5.82 Å². The van der Waals surface area contributed by atoms with Crippen molar-refractivity contribution in [2.45, 2.75) is 19.5 Å². The Balaban J connectivity index is 1.38. The van der Waals surface area contributed by atoms with Crippen LogP contribution in [-0.2, 0) is 17.9 Å². The van der Waals surface area contributed by atoms with E-state index in [0.717, 1.165) is 5.56 Å². The molecule has 3 rings (SSSR count). The minimum atomic E-state index is -0.395. The van der Waals surface area contributed by atoms with Crippen LogP contribution in [0.15, 0.2) is 67.3 Å². The summed E-state index contributed by atoms with van der Waals surface area (Å²) >= 11 is 0. The number of hydrogen-bond donors (Lipinski definition) is 2. The van der Waals surface area contributed by atoms with E-state index in [1.807, 2.05) is 30.3 Å². The number of hydrogen-bond acceptors (Lipinski definition) is 3. The van der Waals surface area contributed by atoms with Gasteiger partial charge in [0, 0.05) is 45.5 Å². The smallest absolute Gasteiger partial charge is 0.317 e. The quantitative estimate of drug-likeness (QED) is 0.601. The first kappa shape index (κ1) is 21.0. The van der Waals surface area contributed by atoms with Gasteiger partial charge in [0.05, 0.1) is 12.0 Å². The van der Waals surface area contributed by atoms with Gasteiger partial charge in [0.25, 0.3) is 0 Å². The Morgan fingerprint density at radius 1 is 1.10 bits per heavy atom. The molecule has 0 atom stereocenters. The lowest BCUT2D eigenvalue weighted by Gasteiger charge is -2.18. The number of halogens is 1. The third-order valence-electron chi connectivity index (χ3n) is 4.52. The van der Waals surface area contributed by atoms with E-state index in [0.29, 0.717) is 17.8 Å². The Bertz CT molecular complexity index is 976. The van der Waals surface area contributed by atoms with Gasteiger partial charge in [-0.25, -0.2) is 14.2 Å². The summed E-state index contributed by atoms with van der Waals surface area (Å²) in [6.45, 7) is 0.916. The number of nitrogens with zero attached hydrogens (tertiary/aromatic N) is 3. The van der Waals surface area contributed by atoms with Crippen molar-refractivity contribution in [2.75, 3.05) is 13.6 Å². The summed E-state index contributed by atoms with van der Waals surface area (Å²) in [5, 5.41) is 5.45. The Morgan fingerprint density at radius 2 is 1.90 bits per heavy atom. The summed E-state index contributed by atoms with van der Waals surface area (Å²) in [7, 11) is 1.70. The first-order chi connectivity index (χ1) is 14.5. The van der Waals surface area contributed by atoms with Gasteiger partial charge in [0.15, 0.2) is 0 Å². The molecular weight excluding hydrogens is 385 g/mol. The van der Waals surface area contributed by atoms with Crippen molar-refractivity contribution in [3.05, 3.63) is 84.2 Å². The minimum Gasteiger partial charge on any atom is -0.352 e. The maximum Gasteiger partial charge on any atom is 0.317 e. The Labute approximate surface area is 174 Å². The summed E-state index contributed by atoms with van der Waals surface area (Å²) in [6, 6.07) is 14.2. The van der Waals surface area contributed by atoms with Gasteiger partial charge in [0.1, 0.15) is 5.82 Å². The molecule has 0 aliphatic rings. The number of imidazole rings is 1. The predicted molar refractivity (Wildman–Crippen MR) is 111 cm³/mol. The first-order valence-electron chi connectivity index (χ1n) is 9.59. The molecule has 1 aromatic heterocycles. The van der Waals surface area contributed by atoms with Crippen molar-refractivity contribution in [2.24, 2.45) is 0 Å². The lowest BCUT2D eigenvalue weighted by molar-refractivity contribution is -0.121. The van der Waals surface area contributed by atoms with Crippen LogP contribution in [-0.4, -0.2) is 40.0 Å². The van der Waals surface area contributed by atoms with Crippen LogP contribution in [0.1, 0.15) is 17.5 Å². The summed E-state index contributed by atoms with van der Waals surface area (Å²) < 4.78 is 15.8. The molecule has 8 heteroatoms. The van der Waals surface area contributed by atoms with Gasteiger partial charge in [0.2, 0.25) is 5.91 Å². The second kappa shape index (κ2) is 10.2. The average molecular weight is 409 g/mol. The van der Waals surface area contributed by atoms with Crippen molar-refractivity contribution in [1.82, 2.24) is 25.1 Å². The zero-order valence-corrected chi connectivity index (χ0v) is 16.7. The maximum atomic E-state index is 14.2. The van der Waals surface area contributed by atoms with Crippen molar-refractivity contribution in [3.8, 4) is 5.69 Å². The molecule has 30 heavy (non-hydrogen) atoms. The largest absolute Gasteiger partial charge is 0.352 e. The fourth-order valence-electron chi connectivity index (χ4n) is 2.91. The SMILES string of the molecule is CN(Cc1ccccc1)C(=O)NCCC(=O)NCc1ccc(-n2ccnc2)c(F)c1. The topological polar surface area (TPSA) is 79.3 Å². The van der Waals surface area contributed by atoms with Crippen molar-refractivity contribution in [1.29, 1.82) is 0 Å². The Hall–Kier alpha value is -3.68. The molecule has 0 radical (unpaired) electrons. The van der Waals surface area contributed by atoms with E-state index < -0.39 is 5.82 Å². The number of urea groups is 1. The predicted octanol–water partition coefficient (Wildman–Crippen LogP) is 2.86. The highest BCUT2D eigenvalue weighted by Crippen LogP contribution is 2.15. The summed E-state index contributed by atoms with van der Waals surface area (Å²) in [5.74, 6) is -0.617. The van der Waals surface area contributed by atoms with E-state index in [-0.39, 0.29) is 31.4 Å². The molecule has 0 bridgehead atoms. The molecule has 3 aromatic rings. The van der Waals surface area contributed by atoms with Gasteiger partial charge >= 0.3 is 6.03 Å². The molecule has 0 saturated carbocycles. The lowest BCUT2D eigenvalue weighted by atomic mass is 10.2. The van der Waals surface area contributed by atoms with Gasteiger partial charge in [-0.2, -0.15) is 0 Å². The minimum absolute atomic E-state index is 0.139. The summed E-state index contributed by atoms with van der Waals surface area (Å²) in [5.41, 5.74) is 2.07. The second-order valence-electron chi connectivity index (χ2n) is 6.86. The van der Waals surface area contributed by atoms with Crippen molar-refractivity contribution >= 4 is 11.9 Å². The zero-order chi connectivity index (χ0) is 21.3. The molecule has 0 fully saturated rings. The van der Waals surface area contributed by atoms with Crippen LogP contribution in [0.25, 0.3) is 5.69 Å². The molecule has 0 unspecified atom stereocenters. The number of rotatable bonds is 8. The fourth-order valence-corrected chi connectivity index (χ4v) is 2.91. The van der Waals surface area contributed by atoms with Gasteiger partial charge in [-0.15, -0.1) is 0 Å². The summed E-state index contributed by atoms with van der Waals surface area (Å²) in [6.07, 6.45) is 4.89. The summed E-state index contributed by atoms with van der Waals surface area (Å²) in [4.78, 5) is 29.6. The number of nitrogens with one attached hydrogen (secondary N) is 2. The number of benzene rings is 2. The molecule has 0 aliphatic heterocycles. The first-order valence-corrected chi connectivity index (χ1v) is 9.59. The third kappa shape index (κ3) is 5.91. The number of amides is 3. The number of carbonyl (C=O) groups excluding carboxylic acids is 2. The molecule has 2 aromatic carbocycles. The normalized spacial score (nSPS) is 10.5. The Morgan fingerprint density at radius 3 is 2.60 bits per heavy atom. The van der Waals surface area contributed by atoms with Crippen molar-refractivity contribution in [3.63, 3.8) is 0 Å². The van der Waals surface area contributed by atoms with E-state index in [9.17, 15) is 14.0 Å². The molecule has 1 heterocycles. The van der Waals surface area contributed by atoms with Gasteiger partial charge in [-0.3, -0.25) is 4.79 Å². The second-order valence-corrected chi connectivity index (χ2v) is 6.86. The molecule has 7 nitrogen and oxygen atoms in total. The van der Waals surface area contributed by atoms with Crippen LogP contribution in [0.5, 0.6) is 0 Å². The number of aromatic nitrogens is 2. The molecule has 0 saturated heterocycles. The highest BCUT2D eigenvalue weighted by molar-refractivity contribution is 5.78. The van der Waals surface area contributed by atoms with Gasteiger partial charge in [-0.1, -0.05) is 36.4 Å². The maximum absolute atomic E-state index is 14.2. The van der Waals surface area contributed by atoms with E-state index in [4.69, 9.17) is 0 Å². The van der Waals surface area contributed by atoms with Crippen LogP contribution in [0.4, 0.5) is 9.18 Å². The van der Waals surface area contributed by atoms with Gasteiger partial charge in [-0.05, 0) is 23.3 Å². The van der Waals surface area contributed by atoms with Crippen LogP contribution >= 0.6 is 0 Å². The highest BCUT2D eigenvalue weighted by atomic mass is 19.1. The fraction of sp³-hybridized carbons (Fsp3) is 0.227. The highest BCUT2D eigenvalue weighted by Gasteiger charge is 2.10. The average Bonchev–Trinajstić information content (AvgIpc) is 3.27. The van der Waals surface area contributed by atoms with Crippen LogP contribution < -0.4 is 10.6 Å². The molecule has 0 aliphatic carbocycles. The van der Waals surface area contributed by atoms with E-state index in [1.165, 1.54) is 12.4 Å². The monoisotopic (exact) mass is 409 g/mol. The molecule has 2 N–H and O–H groups in total. The molecular formula is C22H24FN5O2. The van der Waals surface area contributed by atoms with E-state index in [2.05, 4.69) is 15.6 Å². The van der Waals surface area contributed by atoms with E-state index in [1.54, 1.807) is 41.0 Å². The van der Waals surface area contributed by atoms with Crippen molar-refractivity contribution < 1.29 is 14.0 Å². The standard InChI is InChI=1S/C22H24FN5O2/c1-27(15-17-5-3-2-4-6-17)22(30)25-10-9-21(29)26-14-18-7-8-20(19(23)13-18)28-12-11-24-16-28/h2-8,11-13,16H,9-10,14-15H2,1H3,(H,25,30)(H,26,29). The molecule has 0 spiro atoms. The third-order valence-corrected chi connectivity index (χ3v) is 4.52. The van der Waals surface area contributed by atoms with Crippen LogP contribution in [0.3, 0.4) is 0 Å². The molecule has 156 valence electrons. The Kier molecular flexibility index (Phi) is 7.15.